The second-order valence-electron chi connectivity index (χ2n) is 5.64. The van der Waals surface area contributed by atoms with Crippen molar-refractivity contribution in [2.24, 2.45) is 0 Å². The summed E-state index contributed by atoms with van der Waals surface area (Å²) >= 11 is 0. The van der Waals surface area contributed by atoms with Crippen LogP contribution in [-0.4, -0.2) is 53.4 Å². The highest BCUT2D eigenvalue weighted by atomic mass is 16.5. The van der Waals surface area contributed by atoms with Crippen LogP contribution in [0.2, 0.25) is 0 Å². The van der Waals surface area contributed by atoms with Gasteiger partial charge in [-0.2, -0.15) is 15.0 Å². The average molecular weight is 295 g/mol. The maximum absolute atomic E-state index is 5.58. The Morgan fingerprint density at radius 3 is 2.76 bits per heavy atom. The summed E-state index contributed by atoms with van der Waals surface area (Å²) in [7, 11) is 0. The number of morpholine rings is 1. The van der Waals surface area contributed by atoms with Crippen LogP contribution in [0.15, 0.2) is 0 Å². The third-order valence-corrected chi connectivity index (χ3v) is 3.26. The summed E-state index contributed by atoms with van der Waals surface area (Å²) < 4.78 is 11.1. The number of hydrogen-bond donors (Lipinski definition) is 1. The van der Waals surface area contributed by atoms with Gasteiger partial charge in [0.2, 0.25) is 11.9 Å². The third kappa shape index (κ3) is 3.93. The fourth-order valence-electron chi connectivity index (χ4n) is 2.19. The molecule has 1 aromatic rings. The second kappa shape index (κ2) is 6.89. The molecule has 7 heteroatoms. The van der Waals surface area contributed by atoms with Crippen LogP contribution < -0.4 is 15.0 Å². The number of hydrogen-bond acceptors (Lipinski definition) is 7. The molecule has 21 heavy (non-hydrogen) atoms. The number of ether oxygens (including phenoxy) is 2. The van der Waals surface area contributed by atoms with E-state index in [1.807, 2.05) is 6.92 Å². The molecule has 7 nitrogen and oxygen atoms in total. The van der Waals surface area contributed by atoms with Gasteiger partial charge in [-0.25, -0.2) is 0 Å². The zero-order valence-corrected chi connectivity index (χ0v) is 13.3. The minimum absolute atomic E-state index is 0.148. The summed E-state index contributed by atoms with van der Waals surface area (Å²) in [4.78, 5) is 15.4. The predicted molar refractivity (Wildman–Crippen MR) is 82.0 cm³/mol. The molecule has 1 N–H and O–H groups in total. The standard InChI is InChI=1S/C14H25N5O2/c1-5-8-21-13-17-11(15-6-2)16-12(18-13)19-7-9-20-10-14(19,3)4/h5-10H2,1-4H3,(H,15,16,17,18). The number of rotatable bonds is 6. The van der Waals surface area contributed by atoms with Gasteiger partial charge in [0.1, 0.15) is 0 Å². The molecule has 2 heterocycles. The monoisotopic (exact) mass is 295 g/mol. The number of anilines is 2. The fourth-order valence-corrected chi connectivity index (χ4v) is 2.19. The first-order chi connectivity index (χ1) is 10.1. The maximum Gasteiger partial charge on any atom is 0.323 e. The minimum atomic E-state index is -0.148. The van der Waals surface area contributed by atoms with Crippen LogP contribution in [0.5, 0.6) is 6.01 Å². The lowest BCUT2D eigenvalue weighted by Gasteiger charge is -2.42. The molecule has 118 valence electrons. The summed E-state index contributed by atoms with van der Waals surface area (Å²) in [5, 5.41) is 3.13. The molecule has 1 aromatic heterocycles. The van der Waals surface area contributed by atoms with Crippen LogP contribution in [0.1, 0.15) is 34.1 Å². The van der Waals surface area contributed by atoms with E-state index in [0.717, 1.165) is 19.5 Å². The summed E-state index contributed by atoms with van der Waals surface area (Å²) in [5.41, 5.74) is -0.148. The van der Waals surface area contributed by atoms with Gasteiger partial charge >= 0.3 is 6.01 Å². The van der Waals surface area contributed by atoms with E-state index >= 15 is 0 Å². The number of nitrogens with one attached hydrogen (secondary N) is 1. The quantitative estimate of drug-likeness (QED) is 0.856. The van der Waals surface area contributed by atoms with Gasteiger partial charge in [-0.15, -0.1) is 0 Å². The van der Waals surface area contributed by atoms with Crippen molar-refractivity contribution in [3.05, 3.63) is 0 Å². The largest absolute Gasteiger partial charge is 0.463 e. The molecule has 0 radical (unpaired) electrons. The zero-order valence-electron chi connectivity index (χ0n) is 13.3. The van der Waals surface area contributed by atoms with E-state index in [1.165, 1.54) is 0 Å². The Kier molecular flexibility index (Phi) is 5.17. The lowest BCUT2D eigenvalue weighted by molar-refractivity contribution is 0.0632. The van der Waals surface area contributed by atoms with E-state index in [2.05, 4.69) is 45.9 Å². The maximum atomic E-state index is 5.58. The molecule has 1 aliphatic rings. The summed E-state index contributed by atoms with van der Waals surface area (Å²) in [5.74, 6) is 1.19. The molecule has 0 saturated carbocycles. The average Bonchev–Trinajstić information content (AvgIpc) is 2.44. The van der Waals surface area contributed by atoms with Crippen molar-refractivity contribution in [3.63, 3.8) is 0 Å². The lowest BCUT2D eigenvalue weighted by Crippen LogP contribution is -2.54. The smallest absolute Gasteiger partial charge is 0.323 e. The van der Waals surface area contributed by atoms with Gasteiger partial charge in [0.15, 0.2) is 0 Å². The van der Waals surface area contributed by atoms with Gasteiger partial charge in [-0.05, 0) is 27.2 Å². The minimum Gasteiger partial charge on any atom is -0.463 e. The lowest BCUT2D eigenvalue weighted by atomic mass is 10.0. The Bertz CT molecular complexity index is 467. The van der Waals surface area contributed by atoms with Crippen molar-refractivity contribution in [2.75, 3.05) is 43.1 Å². The van der Waals surface area contributed by atoms with E-state index in [4.69, 9.17) is 9.47 Å². The van der Waals surface area contributed by atoms with E-state index in [9.17, 15) is 0 Å². The second-order valence-corrected chi connectivity index (χ2v) is 5.64. The normalized spacial score (nSPS) is 17.6. The Labute approximate surface area is 126 Å². The molecule has 1 aliphatic heterocycles. The summed E-state index contributed by atoms with van der Waals surface area (Å²) in [6.45, 7) is 11.7. The highest BCUT2D eigenvalue weighted by molar-refractivity contribution is 5.41. The van der Waals surface area contributed by atoms with Crippen molar-refractivity contribution in [3.8, 4) is 6.01 Å². The zero-order chi connectivity index (χ0) is 15.3. The SMILES string of the molecule is CCCOc1nc(NCC)nc(N2CCOCC2(C)C)n1. The number of nitrogens with zero attached hydrogens (tertiary/aromatic N) is 4. The van der Waals surface area contributed by atoms with Gasteiger partial charge in [0.25, 0.3) is 0 Å². The van der Waals surface area contributed by atoms with Crippen LogP contribution in [0.3, 0.4) is 0 Å². The van der Waals surface area contributed by atoms with Crippen LogP contribution >= 0.6 is 0 Å². The van der Waals surface area contributed by atoms with Crippen molar-refractivity contribution in [1.29, 1.82) is 0 Å². The molecule has 0 amide bonds. The highest BCUT2D eigenvalue weighted by Crippen LogP contribution is 2.25. The van der Waals surface area contributed by atoms with E-state index in [-0.39, 0.29) is 5.54 Å². The van der Waals surface area contributed by atoms with Crippen LogP contribution in [0.25, 0.3) is 0 Å². The molecule has 0 aromatic carbocycles. The first-order valence-corrected chi connectivity index (χ1v) is 7.55. The van der Waals surface area contributed by atoms with Crippen molar-refractivity contribution < 1.29 is 9.47 Å². The van der Waals surface area contributed by atoms with Gasteiger partial charge < -0.3 is 19.7 Å². The molecule has 0 unspecified atom stereocenters. The first kappa shape index (κ1) is 15.8. The van der Waals surface area contributed by atoms with Crippen LogP contribution in [0.4, 0.5) is 11.9 Å². The summed E-state index contributed by atoms with van der Waals surface area (Å²) in [6, 6.07) is 0.375. The number of aromatic nitrogens is 3. The molecular formula is C14H25N5O2. The van der Waals surface area contributed by atoms with Gasteiger partial charge in [0.05, 0.1) is 25.4 Å². The Hall–Kier alpha value is -1.63. The Morgan fingerprint density at radius 1 is 1.29 bits per heavy atom. The fraction of sp³-hybridized carbons (Fsp3) is 0.786. The van der Waals surface area contributed by atoms with Crippen LogP contribution in [0, 0.1) is 0 Å². The van der Waals surface area contributed by atoms with Crippen molar-refractivity contribution >= 4 is 11.9 Å². The molecule has 0 aliphatic carbocycles. The highest BCUT2D eigenvalue weighted by Gasteiger charge is 2.33. The molecule has 0 atom stereocenters. The van der Waals surface area contributed by atoms with Gasteiger partial charge in [0, 0.05) is 13.1 Å². The molecule has 1 fully saturated rings. The third-order valence-electron chi connectivity index (χ3n) is 3.26. The van der Waals surface area contributed by atoms with E-state index in [0.29, 0.717) is 37.7 Å². The molecule has 0 spiro atoms. The molecule has 1 saturated heterocycles. The summed E-state index contributed by atoms with van der Waals surface area (Å²) in [6.07, 6.45) is 0.917. The Balaban J connectivity index is 2.29. The molecular weight excluding hydrogens is 270 g/mol. The first-order valence-electron chi connectivity index (χ1n) is 7.55. The predicted octanol–water partition coefficient (Wildman–Crippen LogP) is 1.71. The Morgan fingerprint density at radius 2 is 2.10 bits per heavy atom. The molecule has 0 bridgehead atoms. The molecule has 2 rings (SSSR count). The van der Waals surface area contributed by atoms with E-state index in [1.54, 1.807) is 0 Å². The topological polar surface area (TPSA) is 72.4 Å². The van der Waals surface area contributed by atoms with Gasteiger partial charge in [-0.1, -0.05) is 6.92 Å². The van der Waals surface area contributed by atoms with Crippen LogP contribution in [-0.2, 0) is 4.74 Å². The van der Waals surface area contributed by atoms with Crippen molar-refractivity contribution in [1.82, 2.24) is 15.0 Å². The van der Waals surface area contributed by atoms with Crippen molar-refractivity contribution in [2.45, 2.75) is 39.7 Å². The van der Waals surface area contributed by atoms with Gasteiger partial charge in [-0.3, -0.25) is 0 Å². The van der Waals surface area contributed by atoms with E-state index < -0.39 is 0 Å².